The van der Waals surface area contributed by atoms with Gasteiger partial charge in [-0.05, 0) is 37.3 Å². The SMILES string of the molecule is CC1=CC=C(Cn2ccc3nc(-c4ccccc4F)nc-3c2)NN1. The number of allylic oxidation sites excluding steroid dienone is 4. The number of pyridine rings is 1. The van der Waals surface area contributed by atoms with E-state index in [9.17, 15) is 4.39 Å². The van der Waals surface area contributed by atoms with Gasteiger partial charge in [-0.1, -0.05) is 12.1 Å². The molecule has 6 heteroatoms. The highest BCUT2D eigenvalue weighted by atomic mass is 19.1. The third-order valence-electron chi connectivity index (χ3n) is 3.85. The van der Waals surface area contributed by atoms with E-state index in [-0.39, 0.29) is 5.82 Å². The van der Waals surface area contributed by atoms with E-state index in [0.717, 1.165) is 22.8 Å². The van der Waals surface area contributed by atoms with E-state index < -0.39 is 0 Å². The summed E-state index contributed by atoms with van der Waals surface area (Å²) in [5.74, 6) is 0.0987. The Kier molecular flexibility index (Phi) is 3.49. The highest BCUT2D eigenvalue weighted by molar-refractivity contribution is 5.65. The molecule has 5 nitrogen and oxygen atoms in total. The minimum absolute atomic E-state index is 0.314. The number of benzene rings is 1. The molecule has 3 heterocycles. The summed E-state index contributed by atoms with van der Waals surface area (Å²) in [7, 11) is 0. The van der Waals surface area contributed by atoms with E-state index in [1.165, 1.54) is 6.07 Å². The van der Waals surface area contributed by atoms with Crippen molar-refractivity contribution in [3.63, 3.8) is 0 Å². The maximum Gasteiger partial charge on any atom is 0.163 e. The van der Waals surface area contributed by atoms with E-state index in [0.29, 0.717) is 17.9 Å². The lowest BCUT2D eigenvalue weighted by Crippen LogP contribution is -2.33. The quantitative estimate of drug-likeness (QED) is 0.778. The minimum Gasteiger partial charge on any atom is -0.346 e. The van der Waals surface area contributed by atoms with Gasteiger partial charge in [0.15, 0.2) is 5.82 Å². The molecule has 1 aromatic rings. The molecule has 0 aliphatic carbocycles. The standard InChI is InChI=1S/C18H16FN5/c1-12-6-7-13(23-22-12)10-24-9-8-16-17(11-24)21-18(20-16)14-4-2-3-5-15(14)19/h2-9,11,22-23H,10H2,1H3. The van der Waals surface area contributed by atoms with Crippen molar-refractivity contribution in [3.05, 3.63) is 72.1 Å². The number of aromatic nitrogens is 3. The van der Waals surface area contributed by atoms with Gasteiger partial charge >= 0.3 is 0 Å². The maximum absolute atomic E-state index is 13.9. The molecule has 0 saturated carbocycles. The van der Waals surface area contributed by atoms with Gasteiger partial charge in [0.05, 0.1) is 23.5 Å². The Labute approximate surface area is 138 Å². The number of nitrogens with zero attached hydrogens (tertiary/aromatic N) is 3. The van der Waals surface area contributed by atoms with Gasteiger partial charge in [-0.2, -0.15) is 0 Å². The Morgan fingerprint density at radius 1 is 1.04 bits per heavy atom. The molecule has 0 saturated heterocycles. The molecule has 3 aliphatic heterocycles. The van der Waals surface area contributed by atoms with Gasteiger partial charge in [0.2, 0.25) is 0 Å². The summed E-state index contributed by atoms with van der Waals surface area (Å²) in [6.45, 7) is 2.66. The highest BCUT2D eigenvalue weighted by Gasteiger charge is 2.15. The van der Waals surface area contributed by atoms with Gasteiger partial charge < -0.3 is 15.4 Å². The highest BCUT2D eigenvalue weighted by Crippen LogP contribution is 2.26. The fourth-order valence-electron chi connectivity index (χ4n) is 2.59. The predicted molar refractivity (Wildman–Crippen MR) is 90.1 cm³/mol. The summed E-state index contributed by atoms with van der Waals surface area (Å²) in [6.07, 6.45) is 7.91. The second-order valence-electron chi connectivity index (χ2n) is 5.71. The Morgan fingerprint density at radius 3 is 2.67 bits per heavy atom. The van der Waals surface area contributed by atoms with Crippen molar-refractivity contribution in [1.29, 1.82) is 0 Å². The van der Waals surface area contributed by atoms with Gasteiger partial charge in [-0.3, -0.25) is 0 Å². The van der Waals surface area contributed by atoms with Crippen molar-refractivity contribution >= 4 is 0 Å². The number of rotatable bonds is 3. The predicted octanol–water partition coefficient (Wildman–Crippen LogP) is 3.08. The third kappa shape index (κ3) is 2.74. The van der Waals surface area contributed by atoms with Crippen molar-refractivity contribution in [3.8, 4) is 22.8 Å². The van der Waals surface area contributed by atoms with E-state index in [1.807, 2.05) is 42.1 Å². The van der Waals surface area contributed by atoms with Crippen LogP contribution in [0.3, 0.4) is 0 Å². The van der Waals surface area contributed by atoms with Crippen LogP contribution < -0.4 is 10.9 Å². The molecule has 0 atom stereocenters. The van der Waals surface area contributed by atoms with Crippen LogP contribution in [0.25, 0.3) is 22.8 Å². The Hall–Kier alpha value is -3.15. The Morgan fingerprint density at radius 2 is 1.88 bits per heavy atom. The third-order valence-corrected chi connectivity index (χ3v) is 3.85. The van der Waals surface area contributed by atoms with Crippen LogP contribution >= 0.6 is 0 Å². The first-order valence-corrected chi connectivity index (χ1v) is 7.67. The van der Waals surface area contributed by atoms with Crippen molar-refractivity contribution in [2.24, 2.45) is 0 Å². The van der Waals surface area contributed by atoms with Gasteiger partial charge in [-0.15, -0.1) is 0 Å². The lowest BCUT2D eigenvalue weighted by Gasteiger charge is -2.18. The van der Waals surface area contributed by atoms with Crippen LogP contribution in [-0.4, -0.2) is 14.5 Å². The molecule has 2 N–H and O–H groups in total. The van der Waals surface area contributed by atoms with Gasteiger partial charge in [0, 0.05) is 18.1 Å². The fraction of sp³-hybridized carbons (Fsp3) is 0.111. The van der Waals surface area contributed by atoms with Gasteiger partial charge in [-0.25, -0.2) is 14.4 Å². The van der Waals surface area contributed by atoms with Crippen LogP contribution in [-0.2, 0) is 6.54 Å². The average molecular weight is 321 g/mol. The first kappa shape index (κ1) is 14.4. The molecule has 4 rings (SSSR count). The van der Waals surface area contributed by atoms with Crippen LogP contribution in [0.5, 0.6) is 0 Å². The number of imidazole rings is 1. The summed E-state index contributed by atoms with van der Waals surface area (Å²) in [6, 6.07) is 8.44. The van der Waals surface area contributed by atoms with E-state index in [4.69, 9.17) is 0 Å². The number of nitrogens with one attached hydrogen (secondary N) is 2. The molecule has 24 heavy (non-hydrogen) atoms. The molecule has 0 bridgehead atoms. The lowest BCUT2D eigenvalue weighted by atomic mass is 10.2. The zero-order valence-electron chi connectivity index (χ0n) is 13.1. The lowest BCUT2D eigenvalue weighted by molar-refractivity contribution is 0.612. The molecule has 0 amide bonds. The Balaban J connectivity index is 1.65. The number of fused-ring (bicyclic) bond motifs is 1. The number of halogens is 1. The van der Waals surface area contributed by atoms with Crippen LogP contribution in [0, 0.1) is 5.82 Å². The molecular weight excluding hydrogens is 305 g/mol. The molecule has 0 aromatic heterocycles. The van der Waals surface area contributed by atoms with E-state index in [1.54, 1.807) is 18.2 Å². The second kappa shape index (κ2) is 5.81. The monoisotopic (exact) mass is 321 g/mol. The summed E-state index contributed by atoms with van der Waals surface area (Å²) in [5, 5.41) is 0. The van der Waals surface area contributed by atoms with Crippen molar-refractivity contribution < 1.29 is 4.39 Å². The summed E-state index contributed by atoms with van der Waals surface area (Å²) in [4.78, 5) is 8.90. The van der Waals surface area contributed by atoms with E-state index in [2.05, 4.69) is 20.8 Å². The van der Waals surface area contributed by atoms with Gasteiger partial charge in [0.25, 0.3) is 0 Å². The molecular formula is C18H16FN5. The van der Waals surface area contributed by atoms with Crippen LogP contribution in [0.1, 0.15) is 6.92 Å². The number of hydrogen-bond acceptors (Lipinski definition) is 4. The summed E-state index contributed by atoms with van der Waals surface area (Å²) in [5.41, 5.74) is 10.2. The average Bonchev–Trinajstić information content (AvgIpc) is 3.00. The molecule has 0 radical (unpaired) electrons. The van der Waals surface area contributed by atoms with Gasteiger partial charge in [0.1, 0.15) is 11.5 Å². The Bertz CT molecular complexity index is 925. The topological polar surface area (TPSA) is 54.8 Å². The molecule has 0 fully saturated rings. The maximum atomic E-state index is 13.9. The molecule has 120 valence electrons. The first-order chi connectivity index (χ1) is 11.7. The molecule has 1 aromatic carbocycles. The largest absolute Gasteiger partial charge is 0.346 e. The minimum atomic E-state index is -0.314. The van der Waals surface area contributed by atoms with Crippen LogP contribution in [0.2, 0.25) is 0 Å². The van der Waals surface area contributed by atoms with Crippen molar-refractivity contribution in [2.45, 2.75) is 13.5 Å². The molecule has 0 spiro atoms. The normalized spacial score (nSPS) is 13.9. The smallest absolute Gasteiger partial charge is 0.163 e. The van der Waals surface area contributed by atoms with Crippen molar-refractivity contribution in [1.82, 2.24) is 25.4 Å². The summed E-state index contributed by atoms with van der Waals surface area (Å²) >= 11 is 0. The molecule has 0 unspecified atom stereocenters. The van der Waals surface area contributed by atoms with E-state index >= 15 is 0 Å². The zero-order chi connectivity index (χ0) is 16.5. The second-order valence-corrected chi connectivity index (χ2v) is 5.71. The summed E-state index contributed by atoms with van der Waals surface area (Å²) < 4.78 is 15.9. The van der Waals surface area contributed by atoms with Crippen molar-refractivity contribution in [2.75, 3.05) is 0 Å². The zero-order valence-corrected chi connectivity index (χ0v) is 13.1. The van der Waals surface area contributed by atoms with Crippen LogP contribution in [0.15, 0.2) is 66.3 Å². The van der Waals surface area contributed by atoms with Crippen LogP contribution in [0.4, 0.5) is 4.39 Å². The number of hydrazine groups is 1. The molecule has 3 aliphatic rings. The first-order valence-electron chi connectivity index (χ1n) is 7.67. The number of hydrogen-bond donors (Lipinski definition) is 2. The fourth-order valence-corrected chi connectivity index (χ4v) is 2.59.